The molecule has 2 aromatic rings. The number of aryl methyl sites for hydroxylation is 2. The third-order valence-electron chi connectivity index (χ3n) is 4.29. The quantitative estimate of drug-likeness (QED) is 0.563. The molecule has 7 heteroatoms. The molecule has 0 fully saturated rings. The molecule has 0 saturated carbocycles. The Labute approximate surface area is 170 Å². The molecule has 0 spiro atoms. The number of hydrogen-bond donors (Lipinski definition) is 1. The highest BCUT2D eigenvalue weighted by atomic mass is 35.5. The van der Waals surface area contributed by atoms with Gasteiger partial charge in [-0.3, -0.25) is 4.79 Å². The molecule has 0 bridgehead atoms. The van der Waals surface area contributed by atoms with Crippen LogP contribution in [0.4, 0.5) is 0 Å². The summed E-state index contributed by atoms with van der Waals surface area (Å²) in [5.41, 5.74) is 5.27. The Morgan fingerprint density at radius 1 is 1.11 bits per heavy atom. The predicted octanol–water partition coefficient (Wildman–Crippen LogP) is 3.99. The van der Waals surface area contributed by atoms with E-state index in [1.165, 1.54) is 7.11 Å². The minimum absolute atomic E-state index is 0.179. The molecule has 1 amide bonds. The number of nitrogens with one attached hydrogen (secondary N) is 1. The maximum Gasteiger partial charge on any atom is 0.273 e. The van der Waals surface area contributed by atoms with Gasteiger partial charge >= 0.3 is 0 Å². The van der Waals surface area contributed by atoms with Crippen LogP contribution in [0.2, 0.25) is 5.02 Å². The molecule has 28 heavy (non-hydrogen) atoms. The SMILES string of the molecule is CNC(=O)/C(=N/OC)c1cccc(C)c1CO/N=C(\C)c1cc(Cl)ccc1C. The number of oxime groups is 2. The monoisotopic (exact) mass is 401 g/mol. The topological polar surface area (TPSA) is 72.3 Å². The van der Waals surface area contributed by atoms with Crippen molar-refractivity contribution >= 4 is 28.9 Å². The summed E-state index contributed by atoms with van der Waals surface area (Å²) in [7, 11) is 2.94. The molecule has 0 radical (unpaired) electrons. The minimum atomic E-state index is -0.345. The molecule has 2 rings (SSSR count). The molecule has 0 atom stereocenters. The smallest absolute Gasteiger partial charge is 0.273 e. The summed E-state index contributed by atoms with van der Waals surface area (Å²) in [4.78, 5) is 22.7. The first-order valence-corrected chi connectivity index (χ1v) is 9.12. The second-order valence-corrected chi connectivity index (χ2v) is 6.65. The molecule has 0 aliphatic carbocycles. The van der Waals surface area contributed by atoms with Gasteiger partial charge in [0.1, 0.15) is 13.7 Å². The third-order valence-corrected chi connectivity index (χ3v) is 4.52. The largest absolute Gasteiger partial charge is 0.398 e. The van der Waals surface area contributed by atoms with E-state index < -0.39 is 0 Å². The van der Waals surface area contributed by atoms with E-state index >= 15 is 0 Å². The molecular formula is C21H24ClN3O3. The molecule has 0 aliphatic heterocycles. The second kappa shape index (κ2) is 9.90. The molecule has 6 nitrogen and oxygen atoms in total. The molecule has 0 saturated heterocycles. The molecule has 1 N–H and O–H groups in total. The molecule has 0 unspecified atom stereocenters. The first-order valence-electron chi connectivity index (χ1n) is 8.74. The Kier molecular flexibility index (Phi) is 7.58. The summed E-state index contributed by atoms with van der Waals surface area (Å²) < 4.78 is 0. The maximum atomic E-state index is 12.2. The number of carbonyl (C=O) groups excluding carboxylic acids is 1. The number of rotatable bonds is 7. The van der Waals surface area contributed by atoms with Crippen molar-refractivity contribution in [2.24, 2.45) is 10.3 Å². The van der Waals surface area contributed by atoms with Crippen molar-refractivity contribution in [2.45, 2.75) is 27.4 Å². The summed E-state index contributed by atoms with van der Waals surface area (Å²) in [6.45, 7) is 5.97. The Morgan fingerprint density at radius 3 is 2.54 bits per heavy atom. The molecule has 0 aliphatic rings. The Hall–Kier alpha value is -2.86. The van der Waals surface area contributed by atoms with Crippen LogP contribution in [0, 0.1) is 13.8 Å². The van der Waals surface area contributed by atoms with Crippen molar-refractivity contribution in [1.29, 1.82) is 0 Å². The lowest BCUT2D eigenvalue weighted by molar-refractivity contribution is -0.114. The fourth-order valence-corrected chi connectivity index (χ4v) is 2.94. The van der Waals surface area contributed by atoms with E-state index in [4.69, 9.17) is 21.3 Å². The highest BCUT2D eigenvalue weighted by Crippen LogP contribution is 2.19. The van der Waals surface area contributed by atoms with Gasteiger partial charge < -0.3 is 15.0 Å². The van der Waals surface area contributed by atoms with Crippen molar-refractivity contribution in [3.05, 3.63) is 69.2 Å². The van der Waals surface area contributed by atoms with E-state index in [9.17, 15) is 4.79 Å². The van der Waals surface area contributed by atoms with Gasteiger partial charge in [0.25, 0.3) is 5.91 Å². The average molecular weight is 402 g/mol. The number of hydrogen-bond acceptors (Lipinski definition) is 5. The van der Waals surface area contributed by atoms with E-state index in [2.05, 4.69) is 15.6 Å². The van der Waals surface area contributed by atoms with E-state index in [0.29, 0.717) is 16.3 Å². The van der Waals surface area contributed by atoms with Crippen molar-refractivity contribution in [2.75, 3.05) is 14.2 Å². The number of carbonyl (C=O) groups is 1. The molecule has 0 aromatic heterocycles. The van der Waals surface area contributed by atoms with Crippen LogP contribution in [0.5, 0.6) is 0 Å². The Morgan fingerprint density at radius 2 is 1.86 bits per heavy atom. The third kappa shape index (κ3) is 5.10. The zero-order valence-electron chi connectivity index (χ0n) is 16.7. The summed E-state index contributed by atoms with van der Waals surface area (Å²) >= 11 is 6.08. The maximum absolute atomic E-state index is 12.2. The molecular weight excluding hydrogens is 378 g/mol. The van der Waals surface area contributed by atoms with Gasteiger partial charge in [0, 0.05) is 28.8 Å². The van der Waals surface area contributed by atoms with Crippen molar-refractivity contribution in [3.63, 3.8) is 0 Å². The second-order valence-electron chi connectivity index (χ2n) is 6.21. The van der Waals surface area contributed by atoms with Gasteiger partial charge in [-0.15, -0.1) is 0 Å². The van der Waals surface area contributed by atoms with Crippen LogP contribution >= 0.6 is 11.6 Å². The first kappa shape index (κ1) is 21.4. The van der Waals surface area contributed by atoms with E-state index in [1.54, 1.807) is 13.1 Å². The van der Waals surface area contributed by atoms with Crippen molar-refractivity contribution in [1.82, 2.24) is 5.32 Å². The first-order chi connectivity index (χ1) is 13.4. The van der Waals surface area contributed by atoms with Gasteiger partial charge in [0.05, 0.1) is 5.71 Å². The van der Waals surface area contributed by atoms with Crippen LogP contribution in [-0.2, 0) is 21.1 Å². The van der Waals surface area contributed by atoms with Crippen LogP contribution in [-0.4, -0.2) is 31.5 Å². The number of amides is 1. The summed E-state index contributed by atoms with van der Waals surface area (Å²) in [5, 5.41) is 11.3. The van der Waals surface area contributed by atoms with Crippen LogP contribution in [0.25, 0.3) is 0 Å². The summed E-state index contributed by atoms with van der Waals surface area (Å²) in [5.74, 6) is -0.345. The van der Waals surface area contributed by atoms with Crippen LogP contribution in [0.3, 0.4) is 0 Å². The Balaban J connectivity index is 2.31. The number of likely N-dealkylation sites (N-methyl/N-ethyl adjacent to an activating group) is 1. The van der Waals surface area contributed by atoms with Gasteiger partial charge in [-0.05, 0) is 44.0 Å². The standard InChI is InChI=1S/C21H24ClN3O3/c1-13-7-6-8-17(20(25-27-5)21(26)23-4)19(13)12-28-24-15(3)18-11-16(22)10-9-14(18)2/h6-11H,12H2,1-5H3,(H,23,26)/b24-15+,25-20+. The number of halogens is 1. The average Bonchev–Trinajstić information content (AvgIpc) is 2.68. The van der Waals surface area contributed by atoms with Gasteiger partial charge in [-0.2, -0.15) is 0 Å². The zero-order chi connectivity index (χ0) is 20.7. The van der Waals surface area contributed by atoms with Gasteiger partial charge in [0.2, 0.25) is 0 Å². The lowest BCUT2D eigenvalue weighted by atomic mass is 9.98. The van der Waals surface area contributed by atoms with E-state index in [-0.39, 0.29) is 18.2 Å². The van der Waals surface area contributed by atoms with Gasteiger partial charge in [-0.25, -0.2) is 0 Å². The lowest BCUT2D eigenvalue weighted by Gasteiger charge is -2.13. The number of nitrogens with zero attached hydrogens (tertiary/aromatic N) is 2. The van der Waals surface area contributed by atoms with Crippen molar-refractivity contribution in [3.8, 4) is 0 Å². The molecule has 148 valence electrons. The van der Waals surface area contributed by atoms with E-state index in [1.807, 2.05) is 51.1 Å². The minimum Gasteiger partial charge on any atom is -0.398 e. The highest BCUT2D eigenvalue weighted by Gasteiger charge is 2.19. The fraction of sp³-hybridized carbons (Fsp3) is 0.286. The summed E-state index contributed by atoms with van der Waals surface area (Å²) in [6.07, 6.45) is 0. The predicted molar refractivity (Wildman–Crippen MR) is 112 cm³/mol. The molecule has 2 aromatic carbocycles. The van der Waals surface area contributed by atoms with Gasteiger partial charge in [0.15, 0.2) is 5.71 Å². The number of benzene rings is 2. The normalized spacial score (nSPS) is 11.9. The van der Waals surface area contributed by atoms with Crippen LogP contribution < -0.4 is 5.32 Å². The fourth-order valence-electron chi connectivity index (χ4n) is 2.77. The highest BCUT2D eigenvalue weighted by molar-refractivity contribution is 6.45. The van der Waals surface area contributed by atoms with Crippen LogP contribution in [0.15, 0.2) is 46.7 Å². The lowest BCUT2D eigenvalue weighted by Crippen LogP contribution is -2.29. The Bertz CT molecular complexity index is 923. The zero-order valence-corrected chi connectivity index (χ0v) is 17.4. The van der Waals surface area contributed by atoms with Crippen molar-refractivity contribution < 1.29 is 14.5 Å². The summed E-state index contributed by atoms with van der Waals surface area (Å²) in [6, 6.07) is 11.2. The van der Waals surface area contributed by atoms with E-state index in [0.717, 1.165) is 22.3 Å². The van der Waals surface area contributed by atoms with Crippen LogP contribution in [0.1, 0.15) is 34.7 Å². The van der Waals surface area contributed by atoms with Gasteiger partial charge in [-0.1, -0.05) is 46.2 Å². The molecule has 0 heterocycles.